The topological polar surface area (TPSA) is 57.6 Å². The summed E-state index contributed by atoms with van der Waals surface area (Å²) in [5.41, 5.74) is 0. The van der Waals surface area contributed by atoms with Crippen molar-refractivity contribution in [3.63, 3.8) is 0 Å². The van der Waals surface area contributed by atoms with Gasteiger partial charge in [0.2, 0.25) is 5.91 Å². The third-order valence-corrected chi connectivity index (χ3v) is 3.80. The van der Waals surface area contributed by atoms with Gasteiger partial charge >= 0.3 is 5.97 Å². The lowest BCUT2D eigenvalue weighted by Gasteiger charge is -2.27. The molecule has 0 unspecified atom stereocenters. The monoisotopic (exact) mass is 217 g/mol. The molecule has 1 aliphatic heterocycles. The Morgan fingerprint density at radius 3 is 2.21 bits per heavy atom. The highest BCUT2D eigenvalue weighted by Crippen LogP contribution is 2.44. The number of thioether (sulfide) groups is 1. The van der Waals surface area contributed by atoms with Gasteiger partial charge in [0.05, 0.1) is 5.37 Å². The number of carbonyl (C=O) groups excluding carboxylic acids is 1. The fourth-order valence-corrected chi connectivity index (χ4v) is 3.57. The molecule has 4 nitrogen and oxygen atoms in total. The summed E-state index contributed by atoms with van der Waals surface area (Å²) in [6.45, 7) is 6.98. The van der Waals surface area contributed by atoms with Crippen LogP contribution in [0.2, 0.25) is 0 Å². The molecule has 14 heavy (non-hydrogen) atoms. The largest absolute Gasteiger partial charge is 0.480 e. The first-order chi connectivity index (χ1) is 6.27. The molecule has 2 atom stereocenters. The van der Waals surface area contributed by atoms with Crippen molar-refractivity contribution < 1.29 is 14.7 Å². The second kappa shape index (κ2) is 3.46. The molecule has 1 saturated heterocycles. The smallest absolute Gasteiger partial charge is 0.327 e. The SMILES string of the molecule is CC(=O)N1[C@H](C)SC(C)(C)[C@H]1C(=O)O. The molecule has 5 heteroatoms. The van der Waals surface area contributed by atoms with E-state index >= 15 is 0 Å². The van der Waals surface area contributed by atoms with E-state index in [1.807, 2.05) is 20.8 Å². The van der Waals surface area contributed by atoms with Crippen LogP contribution in [0, 0.1) is 0 Å². The van der Waals surface area contributed by atoms with E-state index in [1.54, 1.807) is 0 Å². The Hall–Kier alpha value is -0.710. The van der Waals surface area contributed by atoms with E-state index in [1.165, 1.54) is 23.6 Å². The summed E-state index contributed by atoms with van der Waals surface area (Å²) in [5.74, 6) is -1.11. The van der Waals surface area contributed by atoms with Gasteiger partial charge in [0.25, 0.3) is 0 Å². The Labute approximate surface area is 87.7 Å². The van der Waals surface area contributed by atoms with Crippen LogP contribution in [0.5, 0.6) is 0 Å². The average Bonchev–Trinajstić information content (AvgIpc) is 2.19. The average molecular weight is 217 g/mol. The van der Waals surface area contributed by atoms with Crippen LogP contribution in [0.1, 0.15) is 27.7 Å². The van der Waals surface area contributed by atoms with E-state index in [0.29, 0.717) is 0 Å². The zero-order valence-electron chi connectivity index (χ0n) is 8.77. The zero-order valence-corrected chi connectivity index (χ0v) is 9.59. The Bertz CT molecular complexity index is 277. The van der Waals surface area contributed by atoms with Crippen molar-refractivity contribution in [2.24, 2.45) is 0 Å². The van der Waals surface area contributed by atoms with Crippen LogP contribution in [0.25, 0.3) is 0 Å². The van der Waals surface area contributed by atoms with Gasteiger partial charge in [0.15, 0.2) is 0 Å². The molecule has 1 heterocycles. The molecular weight excluding hydrogens is 202 g/mol. The summed E-state index contributed by atoms with van der Waals surface area (Å²) >= 11 is 1.52. The highest BCUT2D eigenvalue weighted by molar-refractivity contribution is 8.01. The predicted molar refractivity (Wildman–Crippen MR) is 55.1 cm³/mol. The number of rotatable bonds is 1. The molecule has 1 fully saturated rings. The van der Waals surface area contributed by atoms with E-state index < -0.39 is 16.8 Å². The van der Waals surface area contributed by atoms with Crippen molar-refractivity contribution >= 4 is 23.6 Å². The molecule has 1 N–H and O–H groups in total. The van der Waals surface area contributed by atoms with Crippen molar-refractivity contribution in [1.82, 2.24) is 4.90 Å². The van der Waals surface area contributed by atoms with Crippen molar-refractivity contribution in [3.8, 4) is 0 Å². The number of carboxylic acid groups (broad SMARTS) is 1. The Morgan fingerprint density at radius 2 is 1.93 bits per heavy atom. The molecule has 1 aliphatic rings. The van der Waals surface area contributed by atoms with Gasteiger partial charge in [-0.1, -0.05) is 0 Å². The number of carbonyl (C=O) groups is 2. The lowest BCUT2D eigenvalue weighted by atomic mass is 10.0. The van der Waals surface area contributed by atoms with E-state index in [4.69, 9.17) is 5.11 Å². The molecule has 0 aliphatic carbocycles. The number of hydrogen-bond acceptors (Lipinski definition) is 3. The number of nitrogens with zero attached hydrogens (tertiary/aromatic N) is 1. The third-order valence-electron chi connectivity index (χ3n) is 2.40. The molecule has 1 amide bonds. The Kier molecular flexibility index (Phi) is 2.81. The first-order valence-electron chi connectivity index (χ1n) is 4.47. The quantitative estimate of drug-likeness (QED) is 0.716. The summed E-state index contributed by atoms with van der Waals surface area (Å²) in [7, 11) is 0. The molecule has 0 radical (unpaired) electrons. The van der Waals surface area contributed by atoms with Crippen LogP contribution in [-0.2, 0) is 9.59 Å². The van der Waals surface area contributed by atoms with E-state index in [-0.39, 0.29) is 11.3 Å². The highest BCUT2D eigenvalue weighted by atomic mass is 32.2. The minimum absolute atomic E-state index is 0.0661. The van der Waals surface area contributed by atoms with Crippen LogP contribution in [0.15, 0.2) is 0 Å². The second-order valence-corrected chi connectivity index (χ2v) is 5.96. The molecule has 0 spiro atoms. The van der Waals surface area contributed by atoms with Crippen LogP contribution in [0.4, 0.5) is 0 Å². The maximum Gasteiger partial charge on any atom is 0.327 e. The van der Waals surface area contributed by atoms with Gasteiger partial charge < -0.3 is 10.0 Å². The van der Waals surface area contributed by atoms with E-state index in [9.17, 15) is 9.59 Å². The molecule has 0 bridgehead atoms. The maximum absolute atomic E-state index is 11.3. The molecule has 0 saturated carbocycles. The van der Waals surface area contributed by atoms with Crippen LogP contribution in [-0.4, -0.2) is 38.0 Å². The third kappa shape index (κ3) is 1.73. The highest BCUT2D eigenvalue weighted by Gasteiger charge is 2.50. The fourth-order valence-electron chi connectivity index (χ4n) is 1.96. The van der Waals surface area contributed by atoms with Gasteiger partial charge in [0, 0.05) is 11.7 Å². The van der Waals surface area contributed by atoms with Crippen molar-refractivity contribution in [2.75, 3.05) is 0 Å². The van der Waals surface area contributed by atoms with Crippen LogP contribution >= 0.6 is 11.8 Å². The van der Waals surface area contributed by atoms with E-state index in [2.05, 4.69) is 0 Å². The standard InChI is InChI=1S/C9H15NO3S/c1-5(11)10-6(2)14-9(3,4)7(10)8(12)13/h6-7H,1-4H3,(H,12,13)/t6-,7+/m0/s1. The lowest BCUT2D eigenvalue weighted by molar-refractivity contribution is -0.150. The van der Waals surface area contributed by atoms with Gasteiger partial charge in [-0.25, -0.2) is 4.79 Å². The fraction of sp³-hybridized carbons (Fsp3) is 0.778. The number of amides is 1. The molecule has 0 aromatic carbocycles. The summed E-state index contributed by atoms with van der Waals surface area (Å²) < 4.78 is -0.420. The minimum atomic E-state index is -0.929. The molecule has 80 valence electrons. The summed E-state index contributed by atoms with van der Waals surface area (Å²) in [5, 5.41) is 9.01. The van der Waals surface area contributed by atoms with E-state index in [0.717, 1.165) is 0 Å². The first-order valence-corrected chi connectivity index (χ1v) is 5.35. The molecular formula is C9H15NO3S. The summed E-state index contributed by atoms with van der Waals surface area (Å²) in [6.07, 6.45) is 0. The Balaban J connectivity index is 3.05. The van der Waals surface area contributed by atoms with Gasteiger partial charge in [-0.2, -0.15) is 0 Å². The first kappa shape index (κ1) is 11.4. The van der Waals surface area contributed by atoms with Crippen LogP contribution in [0.3, 0.4) is 0 Å². The van der Waals surface area contributed by atoms with Crippen molar-refractivity contribution in [1.29, 1.82) is 0 Å². The number of aliphatic carboxylic acids is 1. The minimum Gasteiger partial charge on any atom is -0.480 e. The molecule has 0 aromatic rings. The summed E-state index contributed by atoms with van der Waals surface area (Å²) in [4.78, 5) is 23.8. The summed E-state index contributed by atoms with van der Waals surface area (Å²) in [6, 6.07) is -0.722. The zero-order chi connectivity index (χ0) is 11.1. The number of hydrogen-bond donors (Lipinski definition) is 1. The number of carboxylic acids is 1. The van der Waals surface area contributed by atoms with Gasteiger partial charge in [-0.05, 0) is 20.8 Å². The van der Waals surface area contributed by atoms with Crippen LogP contribution < -0.4 is 0 Å². The maximum atomic E-state index is 11.3. The Morgan fingerprint density at radius 1 is 1.43 bits per heavy atom. The van der Waals surface area contributed by atoms with Crippen molar-refractivity contribution in [3.05, 3.63) is 0 Å². The normalized spacial score (nSPS) is 30.4. The van der Waals surface area contributed by atoms with Gasteiger partial charge in [0.1, 0.15) is 6.04 Å². The second-order valence-electron chi connectivity index (χ2n) is 3.99. The predicted octanol–water partition coefficient (Wildman–Crippen LogP) is 1.16. The van der Waals surface area contributed by atoms with Gasteiger partial charge in [-0.3, -0.25) is 4.79 Å². The molecule has 1 rings (SSSR count). The lowest BCUT2D eigenvalue weighted by Crippen LogP contribution is -2.49. The van der Waals surface area contributed by atoms with Gasteiger partial charge in [-0.15, -0.1) is 11.8 Å². The molecule has 0 aromatic heterocycles. The van der Waals surface area contributed by atoms with Crippen molar-refractivity contribution in [2.45, 2.75) is 43.9 Å².